The van der Waals surface area contributed by atoms with E-state index in [1.54, 1.807) is 0 Å². The molecule has 3 nitrogen and oxygen atoms in total. The third-order valence-corrected chi connectivity index (χ3v) is 5.83. The van der Waals surface area contributed by atoms with Gasteiger partial charge in [-0.1, -0.05) is 43.6 Å². The van der Waals surface area contributed by atoms with Crippen LogP contribution < -0.4 is 4.72 Å². The molecule has 0 aromatic carbocycles. The Bertz CT molecular complexity index is 333. The zero-order chi connectivity index (χ0) is 12.6. The molecule has 0 saturated heterocycles. The standard InChI is InChI=1S/C11H22BrNO2S/c1-10(2)5-9(6-11(3,4)7-10)13-16(14,15)8-12/h9,13H,5-8H2,1-4H3. The first-order valence-electron chi connectivity index (χ1n) is 5.61. The molecule has 0 aromatic heterocycles. The van der Waals surface area contributed by atoms with Crippen molar-refractivity contribution in [2.24, 2.45) is 10.8 Å². The number of alkyl halides is 1. The summed E-state index contributed by atoms with van der Waals surface area (Å²) in [6, 6.07) is 0.0706. The van der Waals surface area contributed by atoms with Crippen LogP contribution >= 0.6 is 15.9 Å². The summed E-state index contributed by atoms with van der Waals surface area (Å²) in [7, 11) is -3.15. The van der Waals surface area contributed by atoms with Gasteiger partial charge in [-0.2, -0.15) is 0 Å². The second kappa shape index (κ2) is 4.58. The van der Waals surface area contributed by atoms with Crippen LogP contribution in [0.3, 0.4) is 0 Å². The van der Waals surface area contributed by atoms with Crippen LogP contribution in [0, 0.1) is 10.8 Å². The van der Waals surface area contributed by atoms with Crippen molar-refractivity contribution in [2.75, 3.05) is 4.66 Å². The molecule has 0 unspecified atom stereocenters. The monoisotopic (exact) mass is 311 g/mol. The Morgan fingerprint density at radius 2 is 1.62 bits per heavy atom. The summed E-state index contributed by atoms with van der Waals surface area (Å²) in [6.07, 6.45) is 2.98. The van der Waals surface area contributed by atoms with E-state index in [2.05, 4.69) is 48.3 Å². The number of sulfonamides is 1. The van der Waals surface area contributed by atoms with Crippen molar-refractivity contribution in [3.8, 4) is 0 Å². The predicted molar refractivity (Wildman–Crippen MR) is 71.1 cm³/mol. The van der Waals surface area contributed by atoms with Gasteiger partial charge in [0.15, 0.2) is 0 Å². The Morgan fingerprint density at radius 1 is 1.19 bits per heavy atom. The smallest absolute Gasteiger partial charge is 0.212 e. The van der Waals surface area contributed by atoms with Gasteiger partial charge in [0, 0.05) is 6.04 Å². The lowest BCUT2D eigenvalue weighted by Crippen LogP contribution is -2.46. The second-order valence-corrected chi connectivity index (χ2v) is 9.51. The molecular weight excluding hydrogens is 290 g/mol. The molecule has 0 aromatic rings. The van der Waals surface area contributed by atoms with Gasteiger partial charge in [-0.3, -0.25) is 0 Å². The minimum Gasteiger partial charge on any atom is -0.212 e. The lowest BCUT2D eigenvalue weighted by Gasteiger charge is -2.44. The van der Waals surface area contributed by atoms with Crippen LogP contribution in [0.5, 0.6) is 0 Å². The Labute approximate surface area is 108 Å². The molecule has 16 heavy (non-hydrogen) atoms. The fraction of sp³-hybridized carbons (Fsp3) is 1.00. The van der Waals surface area contributed by atoms with Crippen molar-refractivity contribution in [3.63, 3.8) is 0 Å². The second-order valence-electron chi connectivity index (χ2n) is 6.45. The van der Waals surface area contributed by atoms with Gasteiger partial charge in [-0.05, 0) is 30.1 Å². The fourth-order valence-electron chi connectivity index (χ4n) is 3.21. The van der Waals surface area contributed by atoms with Crippen LogP contribution in [0.15, 0.2) is 0 Å². The fourth-order valence-corrected chi connectivity index (χ4v) is 4.35. The number of halogens is 1. The number of hydrogen-bond donors (Lipinski definition) is 1. The molecule has 0 amide bonds. The van der Waals surface area contributed by atoms with Crippen LogP contribution in [0.25, 0.3) is 0 Å². The number of nitrogens with one attached hydrogen (secondary N) is 1. The highest BCUT2D eigenvalue weighted by Gasteiger charge is 2.39. The van der Waals surface area contributed by atoms with E-state index >= 15 is 0 Å². The highest BCUT2D eigenvalue weighted by molar-refractivity contribution is 9.10. The molecule has 1 aliphatic rings. The predicted octanol–water partition coefficient (Wildman–Crippen LogP) is 2.86. The summed E-state index contributed by atoms with van der Waals surface area (Å²) in [5.74, 6) is 0. The highest BCUT2D eigenvalue weighted by atomic mass is 79.9. The van der Waals surface area contributed by atoms with Crippen molar-refractivity contribution in [2.45, 2.75) is 53.0 Å². The molecule has 96 valence electrons. The molecule has 1 aliphatic carbocycles. The van der Waals surface area contributed by atoms with Gasteiger partial charge in [0.25, 0.3) is 0 Å². The van der Waals surface area contributed by atoms with Crippen molar-refractivity contribution in [3.05, 3.63) is 0 Å². The van der Waals surface area contributed by atoms with Crippen LogP contribution in [0.2, 0.25) is 0 Å². The van der Waals surface area contributed by atoms with Gasteiger partial charge in [-0.15, -0.1) is 0 Å². The summed E-state index contributed by atoms with van der Waals surface area (Å²) in [6.45, 7) is 8.85. The SMILES string of the molecule is CC1(C)CC(NS(=O)(=O)CBr)CC(C)(C)C1. The van der Waals surface area contributed by atoms with Gasteiger partial charge in [-0.25, -0.2) is 13.1 Å². The number of rotatable bonds is 3. The summed E-state index contributed by atoms with van der Waals surface area (Å²) in [5.41, 5.74) is 0.419. The summed E-state index contributed by atoms with van der Waals surface area (Å²) in [5, 5.41) is 0. The molecule has 0 aliphatic heterocycles. The van der Waals surface area contributed by atoms with Crippen molar-refractivity contribution < 1.29 is 8.42 Å². The molecule has 0 radical (unpaired) electrons. The molecule has 5 heteroatoms. The zero-order valence-corrected chi connectivity index (χ0v) is 12.9. The summed E-state index contributed by atoms with van der Waals surface area (Å²) in [4.78, 5) is 0. The van der Waals surface area contributed by atoms with Crippen LogP contribution in [-0.2, 0) is 10.0 Å². The Hall–Kier alpha value is 0.390. The normalized spacial score (nSPS) is 25.6. The highest BCUT2D eigenvalue weighted by Crippen LogP contribution is 2.45. The van der Waals surface area contributed by atoms with E-state index in [0.717, 1.165) is 19.3 Å². The maximum Gasteiger partial charge on any atom is 0.221 e. The zero-order valence-electron chi connectivity index (χ0n) is 10.5. The molecule has 1 saturated carbocycles. The molecule has 0 spiro atoms. The van der Waals surface area contributed by atoms with E-state index in [1.807, 2.05) is 0 Å². The molecule has 0 heterocycles. The first kappa shape index (κ1) is 14.5. The van der Waals surface area contributed by atoms with Crippen LogP contribution in [0.1, 0.15) is 47.0 Å². The van der Waals surface area contributed by atoms with Crippen molar-refractivity contribution in [1.82, 2.24) is 4.72 Å². The average molecular weight is 312 g/mol. The maximum absolute atomic E-state index is 11.5. The van der Waals surface area contributed by atoms with Crippen molar-refractivity contribution in [1.29, 1.82) is 0 Å². The third kappa shape index (κ3) is 4.34. The first-order chi connectivity index (χ1) is 7.05. The Balaban J connectivity index is 2.76. The lowest BCUT2D eigenvalue weighted by atomic mass is 9.64. The summed E-state index contributed by atoms with van der Waals surface area (Å²) >= 11 is 3.00. The lowest BCUT2D eigenvalue weighted by molar-refractivity contribution is 0.0935. The first-order valence-corrected chi connectivity index (χ1v) is 8.39. The molecule has 1 rings (SSSR count). The Kier molecular flexibility index (Phi) is 4.13. The van der Waals surface area contributed by atoms with Crippen LogP contribution in [-0.4, -0.2) is 19.1 Å². The minimum absolute atomic E-state index is 0.0165. The van der Waals surface area contributed by atoms with E-state index in [9.17, 15) is 8.42 Å². The van der Waals surface area contributed by atoms with Gasteiger partial charge in [0.1, 0.15) is 4.66 Å². The average Bonchev–Trinajstić information content (AvgIpc) is 1.96. The molecule has 1 N–H and O–H groups in total. The largest absolute Gasteiger partial charge is 0.221 e. The quantitative estimate of drug-likeness (QED) is 0.815. The van der Waals surface area contributed by atoms with E-state index in [4.69, 9.17) is 0 Å². The Morgan fingerprint density at radius 3 is 2.00 bits per heavy atom. The van der Waals surface area contributed by atoms with E-state index in [1.165, 1.54) is 0 Å². The van der Waals surface area contributed by atoms with Crippen molar-refractivity contribution >= 4 is 26.0 Å². The van der Waals surface area contributed by atoms with Gasteiger partial charge >= 0.3 is 0 Å². The molecule has 1 fully saturated rings. The minimum atomic E-state index is -3.15. The van der Waals surface area contributed by atoms with Gasteiger partial charge in [0.2, 0.25) is 10.0 Å². The maximum atomic E-state index is 11.5. The molecule has 0 atom stereocenters. The van der Waals surface area contributed by atoms with Gasteiger partial charge < -0.3 is 0 Å². The topological polar surface area (TPSA) is 46.2 Å². The summed E-state index contributed by atoms with van der Waals surface area (Å²) < 4.78 is 25.8. The molecular formula is C11H22BrNO2S. The number of hydrogen-bond acceptors (Lipinski definition) is 2. The van der Waals surface area contributed by atoms with E-state index in [0.29, 0.717) is 0 Å². The molecule has 0 bridgehead atoms. The third-order valence-electron chi connectivity index (χ3n) is 3.04. The van der Waals surface area contributed by atoms with E-state index < -0.39 is 10.0 Å². The van der Waals surface area contributed by atoms with Crippen LogP contribution in [0.4, 0.5) is 0 Å². The van der Waals surface area contributed by atoms with E-state index in [-0.39, 0.29) is 21.5 Å². The van der Waals surface area contributed by atoms with Gasteiger partial charge in [0.05, 0.1) is 0 Å².